The second-order valence-electron chi connectivity index (χ2n) is 6.84. The van der Waals surface area contributed by atoms with E-state index in [1.807, 2.05) is 0 Å². The normalized spacial score (nSPS) is 31.6. The van der Waals surface area contributed by atoms with E-state index in [1.165, 1.54) is 32.1 Å². The van der Waals surface area contributed by atoms with Crippen molar-refractivity contribution < 1.29 is 4.79 Å². The van der Waals surface area contributed by atoms with Gasteiger partial charge in [-0.25, -0.2) is 0 Å². The van der Waals surface area contributed by atoms with E-state index in [4.69, 9.17) is 0 Å². The number of hydrogen-bond acceptors (Lipinski definition) is 2. The molecule has 1 amide bonds. The Labute approximate surface area is 124 Å². The first-order valence-corrected chi connectivity index (χ1v) is 8.68. The highest BCUT2D eigenvalue weighted by molar-refractivity contribution is 5.85. The Morgan fingerprint density at radius 1 is 1.20 bits per heavy atom. The summed E-state index contributed by atoms with van der Waals surface area (Å²) >= 11 is 0. The van der Waals surface area contributed by atoms with Gasteiger partial charge in [-0.3, -0.25) is 10.1 Å². The summed E-state index contributed by atoms with van der Waals surface area (Å²) in [6.07, 6.45) is 8.98. The van der Waals surface area contributed by atoms with Crippen LogP contribution in [0.2, 0.25) is 0 Å². The van der Waals surface area contributed by atoms with Crippen molar-refractivity contribution >= 4 is 5.91 Å². The molecule has 0 aromatic carbocycles. The third-order valence-corrected chi connectivity index (χ3v) is 5.60. The van der Waals surface area contributed by atoms with E-state index in [9.17, 15) is 4.79 Å². The lowest BCUT2D eigenvalue weighted by Gasteiger charge is -2.37. The first-order valence-electron chi connectivity index (χ1n) is 8.68. The van der Waals surface area contributed by atoms with Crippen LogP contribution >= 0.6 is 0 Å². The van der Waals surface area contributed by atoms with Crippen LogP contribution < -0.4 is 5.32 Å². The maximum Gasteiger partial charge on any atom is 0.241 e. The third kappa shape index (κ3) is 3.03. The second-order valence-corrected chi connectivity index (χ2v) is 6.84. The Kier molecular flexibility index (Phi) is 5.48. The summed E-state index contributed by atoms with van der Waals surface area (Å²) in [4.78, 5) is 15.0. The summed E-state index contributed by atoms with van der Waals surface area (Å²) in [6, 6.07) is 0.435. The van der Waals surface area contributed by atoms with Gasteiger partial charge in [-0.05, 0) is 38.0 Å². The van der Waals surface area contributed by atoms with Gasteiger partial charge in [0.05, 0.1) is 12.2 Å². The minimum absolute atomic E-state index is 0.0380. The number of carbonyl (C=O) groups excluding carboxylic acids is 1. The van der Waals surface area contributed by atoms with Crippen molar-refractivity contribution in [3.05, 3.63) is 0 Å². The predicted octanol–water partition coefficient (Wildman–Crippen LogP) is 3.54. The Morgan fingerprint density at radius 2 is 1.85 bits per heavy atom. The Morgan fingerprint density at radius 3 is 2.40 bits per heavy atom. The summed E-state index contributed by atoms with van der Waals surface area (Å²) in [5.74, 6) is 1.49. The van der Waals surface area contributed by atoms with Crippen molar-refractivity contribution in [1.29, 1.82) is 0 Å². The average Bonchev–Trinajstić information content (AvgIpc) is 2.83. The lowest BCUT2D eigenvalue weighted by molar-refractivity contribution is -0.134. The average molecular weight is 280 g/mol. The number of rotatable bonds is 5. The molecule has 3 heteroatoms. The van der Waals surface area contributed by atoms with Gasteiger partial charge in [0.2, 0.25) is 5.91 Å². The van der Waals surface area contributed by atoms with Gasteiger partial charge < -0.3 is 4.90 Å². The standard InChI is InChI=1S/C17H32N2O/c1-5-12(3)16-17(20)19(15(6-2)18-16)13(4)14-10-8-7-9-11-14/h12-16,18H,5-11H2,1-4H3. The van der Waals surface area contributed by atoms with Crippen LogP contribution in [0.4, 0.5) is 0 Å². The number of carbonyl (C=O) groups is 1. The van der Waals surface area contributed by atoms with Crippen LogP contribution in [0.5, 0.6) is 0 Å². The summed E-state index contributed by atoms with van der Waals surface area (Å²) in [7, 11) is 0. The zero-order valence-corrected chi connectivity index (χ0v) is 13.7. The molecule has 3 nitrogen and oxygen atoms in total. The smallest absolute Gasteiger partial charge is 0.241 e. The fraction of sp³-hybridized carbons (Fsp3) is 0.941. The molecule has 0 spiro atoms. The minimum Gasteiger partial charge on any atom is -0.323 e. The highest BCUT2D eigenvalue weighted by atomic mass is 16.2. The van der Waals surface area contributed by atoms with Gasteiger partial charge in [-0.2, -0.15) is 0 Å². The number of amides is 1. The highest BCUT2D eigenvalue weighted by Crippen LogP contribution is 2.32. The largest absolute Gasteiger partial charge is 0.323 e. The molecule has 1 heterocycles. The van der Waals surface area contributed by atoms with E-state index in [0.717, 1.165) is 12.8 Å². The van der Waals surface area contributed by atoms with Crippen molar-refractivity contribution in [2.75, 3.05) is 0 Å². The molecule has 4 atom stereocenters. The van der Waals surface area contributed by atoms with Crippen molar-refractivity contribution in [2.45, 2.75) is 90.9 Å². The van der Waals surface area contributed by atoms with Gasteiger partial charge in [-0.1, -0.05) is 46.5 Å². The quantitative estimate of drug-likeness (QED) is 0.835. The molecule has 1 saturated heterocycles. The lowest BCUT2D eigenvalue weighted by Crippen LogP contribution is -2.46. The van der Waals surface area contributed by atoms with Gasteiger partial charge in [-0.15, -0.1) is 0 Å². The van der Waals surface area contributed by atoms with E-state index in [-0.39, 0.29) is 12.2 Å². The molecule has 0 radical (unpaired) electrons. The van der Waals surface area contributed by atoms with E-state index in [0.29, 0.717) is 23.8 Å². The summed E-state index contributed by atoms with van der Waals surface area (Å²) in [5.41, 5.74) is 0. The summed E-state index contributed by atoms with van der Waals surface area (Å²) < 4.78 is 0. The number of hydrogen-bond donors (Lipinski definition) is 1. The minimum atomic E-state index is 0.0380. The van der Waals surface area contributed by atoms with Gasteiger partial charge in [0.1, 0.15) is 0 Å². The highest BCUT2D eigenvalue weighted by Gasteiger charge is 2.43. The van der Waals surface area contributed by atoms with Crippen LogP contribution in [0.15, 0.2) is 0 Å². The molecule has 2 rings (SSSR count). The van der Waals surface area contributed by atoms with Crippen molar-refractivity contribution in [3.63, 3.8) is 0 Å². The van der Waals surface area contributed by atoms with Crippen LogP contribution in [-0.4, -0.2) is 29.1 Å². The van der Waals surface area contributed by atoms with Gasteiger partial charge in [0.25, 0.3) is 0 Å². The summed E-state index contributed by atoms with van der Waals surface area (Å²) in [6.45, 7) is 8.83. The Bertz CT molecular complexity index is 325. The molecule has 2 fully saturated rings. The molecule has 0 bridgehead atoms. The van der Waals surface area contributed by atoms with Gasteiger partial charge >= 0.3 is 0 Å². The Balaban J connectivity index is 2.09. The zero-order chi connectivity index (χ0) is 14.7. The fourth-order valence-electron chi connectivity index (χ4n) is 3.96. The SMILES string of the molecule is CCC(C)C1NC(CC)N(C(C)C2CCCCC2)C1=O. The van der Waals surface area contributed by atoms with E-state index >= 15 is 0 Å². The van der Waals surface area contributed by atoms with Gasteiger partial charge in [0.15, 0.2) is 0 Å². The van der Waals surface area contributed by atoms with Crippen LogP contribution in [0, 0.1) is 11.8 Å². The van der Waals surface area contributed by atoms with E-state index in [1.54, 1.807) is 0 Å². The van der Waals surface area contributed by atoms with Crippen LogP contribution in [0.3, 0.4) is 0 Å². The van der Waals surface area contributed by atoms with Crippen LogP contribution in [-0.2, 0) is 4.79 Å². The maximum absolute atomic E-state index is 12.8. The molecule has 1 aliphatic carbocycles. The first-order chi connectivity index (χ1) is 9.60. The molecule has 2 aliphatic rings. The predicted molar refractivity (Wildman–Crippen MR) is 83.3 cm³/mol. The van der Waals surface area contributed by atoms with Crippen molar-refractivity contribution in [3.8, 4) is 0 Å². The number of nitrogens with zero attached hydrogens (tertiary/aromatic N) is 1. The van der Waals surface area contributed by atoms with Crippen molar-refractivity contribution in [2.24, 2.45) is 11.8 Å². The maximum atomic E-state index is 12.8. The van der Waals surface area contributed by atoms with Crippen molar-refractivity contribution in [1.82, 2.24) is 10.2 Å². The fourth-order valence-corrected chi connectivity index (χ4v) is 3.96. The second kappa shape index (κ2) is 6.93. The van der Waals surface area contributed by atoms with Crippen LogP contribution in [0.25, 0.3) is 0 Å². The molecule has 0 aromatic heterocycles. The molecular formula is C17H32N2O. The molecule has 116 valence electrons. The monoisotopic (exact) mass is 280 g/mol. The van der Waals surface area contributed by atoms with Crippen LogP contribution in [0.1, 0.15) is 72.6 Å². The third-order valence-electron chi connectivity index (χ3n) is 5.60. The Hall–Kier alpha value is -0.570. The van der Waals surface area contributed by atoms with E-state index < -0.39 is 0 Å². The molecule has 1 N–H and O–H groups in total. The molecule has 1 aliphatic heterocycles. The van der Waals surface area contributed by atoms with E-state index in [2.05, 4.69) is 37.9 Å². The van der Waals surface area contributed by atoms with Gasteiger partial charge in [0, 0.05) is 6.04 Å². The molecule has 4 unspecified atom stereocenters. The summed E-state index contributed by atoms with van der Waals surface area (Å²) in [5, 5.41) is 3.59. The molecule has 1 saturated carbocycles. The molecule has 20 heavy (non-hydrogen) atoms. The molecule has 0 aromatic rings. The molecular weight excluding hydrogens is 248 g/mol. The lowest BCUT2D eigenvalue weighted by atomic mass is 9.83. The first kappa shape index (κ1) is 15.8. The number of nitrogens with one attached hydrogen (secondary N) is 1. The topological polar surface area (TPSA) is 32.3 Å². The zero-order valence-electron chi connectivity index (χ0n) is 13.7.